The van der Waals surface area contributed by atoms with Crippen LogP contribution in [0.1, 0.15) is 36.4 Å². The number of ether oxygens (including phenoxy) is 1. The molecule has 1 N–H and O–H groups in total. The Balaban J connectivity index is 1.20. The summed E-state index contributed by atoms with van der Waals surface area (Å²) in [5.74, 6) is -0.951. The average molecular weight is 622 g/mol. The van der Waals surface area contributed by atoms with Gasteiger partial charge in [0.05, 0.1) is 34.3 Å². The first-order valence-electron chi connectivity index (χ1n) is 13.7. The van der Waals surface area contributed by atoms with Crippen molar-refractivity contribution in [1.82, 2.24) is 10.2 Å². The highest BCUT2D eigenvalue weighted by Gasteiger charge is 2.29. The number of amides is 2. The van der Waals surface area contributed by atoms with E-state index in [0.29, 0.717) is 41.5 Å². The number of rotatable bonds is 8. The standard InChI is InChI=1S/C33H30Cl2N2O4S/c1-41-29(39)20-27(23-9-7-22(8-10-23)21-5-3-2-4-6-21)36-33(40)24-13-16-37(17-14-24)28(38)12-11-25-19-26-15-18-42-32(26)31(35)30(25)34/h2-12,15,18-19,24,27H,13-14,16-17,20H2,1H3,(H,36,40). The molecule has 9 heteroatoms. The highest BCUT2D eigenvalue weighted by Crippen LogP contribution is 2.37. The van der Waals surface area contributed by atoms with Gasteiger partial charge in [-0.05, 0) is 64.1 Å². The number of fused-ring (bicyclic) bond motifs is 1. The van der Waals surface area contributed by atoms with E-state index in [1.165, 1.54) is 24.5 Å². The van der Waals surface area contributed by atoms with Crippen LogP contribution in [0.3, 0.4) is 0 Å². The smallest absolute Gasteiger partial charge is 0.307 e. The van der Waals surface area contributed by atoms with Crippen molar-refractivity contribution in [2.75, 3.05) is 20.2 Å². The van der Waals surface area contributed by atoms with E-state index in [0.717, 1.165) is 26.8 Å². The molecule has 1 aliphatic rings. The molecule has 0 radical (unpaired) electrons. The number of halogens is 2. The zero-order chi connectivity index (χ0) is 29.6. The summed E-state index contributed by atoms with van der Waals surface area (Å²) >= 11 is 14.4. The van der Waals surface area contributed by atoms with Gasteiger partial charge in [-0.1, -0.05) is 77.8 Å². The van der Waals surface area contributed by atoms with Gasteiger partial charge in [-0.3, -0.25) is 14.4 Å². The van der Waals surface area contributed by atoms with Crippen LogP contribution in [-0.2, 0) is 19.1 Å². The summed E-state index contributed by atoms with van der Waals surface area (Å²) in [6.07, 6.45) is 4.26. The van der Waals surface area contributed by atoms with Gasteiger partial charge in [-0.25, -0.2) is 0 Å². The van der Waals surface area contributed by atoms with Crippen molar-refractivity contribution in [2.45, 2.75) is 25.3 Å². The van der Waals surface area contributed by atoms with Crippen LogP contribution >= 0.6 is 34.5 Å². The molecule has 1 aromatic heterocycles. The molecule has 1 atom stereocenters. The lowest BCUT2D eigenvalue weighted by Gasteiger charge is -2.31. The molecule has 42 heavy (non-hydrogen) atoms. The fourth-order valence-corrected chi connectivity index (χ4v) is 6.59. The number of nitrogens with zero attached hydrogens (tertiary/aromatic N) is 1. The van der Waals surface area contributed by atoms with Crippen molar-refractivity contribution in [1.29, 1.82) is 0 Å². The maximum Gasteiger partial charge on any atom is 0.307 e. The minimum absolute atomic E-state index is 0.0266. The van der Waals surface area contributed by atoms with Crippen molar-refractivity contribution in [2.24, 2.45) is 5.92 Å². The van der Waals surface area contributed by atoms with Gasteiger partial charge >= 0.3 is 5.97 Å². The van der Waals surface area contributed by atoms with E-state index < -0.39 is 12.0 Å². The van der Waals surface area contributed by atoms with Gasteiger partial charge in [0.2, 0.25) is 11.8 Å². The van der Waals surface area contributed by atoms with Crippen LogP contribution in [0.15, 0.2) is 78.2 Å². The van der Waals surface area contributed by atoms with E-state index in [1.54, 1.807) is 11.0 Å². The number of thiophene rings is 1. The Morgan fingerprint density at radius 1 is 1.00 bits per heavy atom. The van der Waals surface area contributed by atoms with E-state index in [2.05, 4.69) is 5.32 Å². The Kier molecular flexibility index (Phi) is 9.62. The van der Waals surface area contributed by atoms with E-state index in [1.807, 2.05) is 72.1 Å². The third-order valence-electron chi connectivity index (χ3n) is 7.57. The summed E-state index contributed by atoms with van der Waals surface area (Å²) in [6, 6.07) is 21.2. The summed E-state index contributed by atoms with van der Waals surface area (Å²) < 4.78 is 5.81. The molecular weight excluding hydrogens is 591 g/mol. The number of nitrogens with one attached hydrogen (secondary N) is 1. The van der Waals surface area contributed by atoms with Gasteiger partial charge in [0.15, 0.2) is 0 Å². The van der Waals surface area contributed by atoms with Crippen molar-refractivity contribution < 1.29 is 19.1 Å². The van der Waals surface area contributed by atoms with Gasteiger partial charge in [0.25, 0.3) is 0 Å². The molecule has 1 aliphatic heterocycles. The molecule has 5 rings (SSSR count). The molecular formula is C33H30Cl2N2O4S. The lowest BCUT2D eigenvalue weighted by atomic mass is 9.94. The second-order valence-electron chi connectivity index (χ2n) is 10.2. The zero-order valence-corrected chi connectivity index (χ0v) is 25.3. The highest BCUT2D eigenvalue weighted by atomic mass is 35.5. The van der Waals surface area contributed by atoms with Crippen molar-refractivity contribution >= 4 is 68.5 Å². The monoisotopic (exact) mass is 620 g/mol. The topological polar surface area (TPSA) is 75.7 Å². The number of methoxy groups -OCH3 is 1. The molecule has 3 aromatic carbocycles. The van der Waals surface area contributed by atoms with E-state index in [4.69, 9.17) is 27.9 Å². The molecule has 216 valence electrons. The average Bonchev–Trinajstić information content (AvgIpc) is 3.51. The van der Waals surface area contributed by atoms with Gasteiger partial charge in [0, 0.05) is 25.1 Å². The first-order chi connectivity index (χ1) is 20.3. The van der Waals surface area contributed by atoms with Crippen molar-refractivity contribution in [3.05, 3.63) is 99.4 Å². The lowest BCUT2D eigenvalue weighted by Crippen LogP contribution is -2.43. The van der Waals surface area contributed by atoms with Crippen LogP contribution < -0.4 is 5.32 Å². The Bertz CT molecular complexity index is 1610. The Labute approximate surface area is 258 Å². The molecule has 0 aliphatic carbocycles. The van der Waals surface area contributed by atoms with Gasteiger partial charge < -0.3 is 15.0 Å². The Morgan fingerprint density at radius 3 is 2.38 bits per heavy atom. The van der Waals surface area contributed by atoms with Gasteiger partial charge in [0.1, 0.15) is 0 Å². The largest absolute Gasteiger partial charge is 0.469 e. The molecule has 1 unspecified atom stereocenters. The van der Waals surface area contributed by atoms with Crippen LogP contribution in [0, 0.1) is 5.92 Å². The van der Waals surface area contributed by atoms with Crippen molar-refractivity contribution in [3.8, 4) is 11.1 Å². The molecule has 1 saturated heterocycles. The van der Waals surface area contributed by atoms with Crippen LogP contribution in [-0.4, -0.2) is 42.9 Å². The molecule has 1 fully saturated rings. The van der Waals surface area contributed by atoms with Gasteiger partial charge in [-0.15, -0.1) is 11.3 Å². The molecule has 0 spiro atoms. The number of esters is 1. The van der Waals surface area contributed by atoms with Crippen LogP contribution in [0.4, 0.5) is 0 Å². The van der Waals surface area contributed by atoms with Crippen LogP contribution in [0.2, 0.25) is 10.0 Å². The number of benzene rings is 3. The molecule has 0 saturated carbocycles. The molecule has 2 heterocycles. The number of piperidine rings is 1. The molecule has 6 nitrogen and oxygen atoms in total. The number of likely N-dealkylation sites (tertiary alicyclic amines) is 1. The number of hydrogen-bond acceptors (Lipinski definition) is 5. The predicted octanol–water partition coefficient (Wildman–Crippen LogP) is 7.55. The van der Waals surface area contributed by atoms with Crippen molar-refractivity contribution in [3.63, 3.8) is 0 Å². The minimum Gasteiger partial charge on any atom is -0.469 e. The van der Waals surface area contributed by atoms with Crippen LogP contribution in [0.25, 0.3) is 27.3 Å². The summed E-state index contributed by atoms with van der Waals surface area (Å²) in [5, 5.41) is 6.89. The van der Waals surface area contributed by atoms with Gasteiger partial charge in [-0.2, -0.15) is 0 Å². The highest BCUT2D eigenvalue weighted by molar-refractivity contribution is 7.18. The van der Waals surface area contributed by atoms with E-state index in [9.17, 15) is 14.4 Å². The Hall–Kier alpha value is -3.65. The predicted molar refractivity (Wildman–Crippen MR) is 170 cm³/mol. The number of hydrogen-bond donors (Lipinski definition) is 1. The fourth-order valence-electron chi connectivity index (χ4n) is 5.15. The zero-order valence-electron chi connectivity index (χ0n) is 23.0. The second-order valence-corrected chi connectivity index (χ2v) is 11.9. The first-order valence-corrected chi connectivity index (χ1v) is 15.3. The van der Waals surface area contributed by atoms with Crippen LogP contribution in [0.5, 0.6) is 0 Å². The maximum absolute atomic E-state index is 13.3. The third-order valence-corrected chi connectivity index (χ3v) is 9.51. The SMILES string of the molecule is COC(=O)CC(NC(=O)C1CCN(C(=O)C=Cc2cc3ccsc3c(Cl)c2Cl)CC1)c1ccc(-c2ccccc2)cc1. The molecule has 2 amide bonds. The quantitative estimate of drug-likeness (QED) is 0.163. The maximum atomic E-state index is 13.3. The normalized spacial score (nSPS) is 14.7. The molecule has 0 bridgehead atoms. The second kappa shape index (κ2) is 13.6. The number of carbonyl (C=O) groups excluding carboxylic acids is 3. The third kappa shape index (κ3) is 6.86. The lowest BCUT2D eigenvalue weighted by molar-refractivity contribution is -0.141. The summed E-state index contributed by atoms with van der Waals surface area (Å²) in [5.41, 5.74) is 3.64. The minimum atomic E-state index is -0.519. The Morgan fingerprint density at radius 2 is 1.69 bits per heavy atom. The summed E-state index contributed by atoms with van der Waals surface area (Å²) in [7, 11) is 1.34. The fraction of sp³-hybridized carbons (Fsp3) is 0.242. The summed E-state index contributed by atoms with van der Waals surface area (Å²) in [6.45, 7) is 0.902. The van der Waals surface area contributed by atoms with E-state index >= 15 is 0 Å². The first kappa shape index (κ1) is 29.8. The molecule has 4 aromatic rings. The summed E-state index contributed by atoms with van der Waals surface area (Å²) in [4.78, 5) is 40.1. The van der Waals surface area contributed by atoms with E-state index in [-0.39, 0.29) is 24.2 Å². The number of carbonyl (C=O) groups is 3.